The Balaban J connectivity index is 2.23. The van der Waals surface area contributed by atoms with Crippen molar-refractivity contribution in [2.24, 2.45) is 10.2 Å². The van der Waals surface area contributed by atoms with Crippen molar-refractivity contribution in [2.75, 3.05) is 12.3 Å². The molecule has 0 bridgehead atoms. The van der Waals surface area contributed by atoms with Crippen LogP contribution in [0.5, 0.6) is 5.75 Å². The van der Waals surface area contributed by atoms with Gasteiger partial charge in [0.05, 0.1) is 23.7 Å². The van der Waals surface area contributed by atoms with Crippen LogP contribution in [-0.2, 0) is 10.1 Å². The Morgan fingerprint density at radius 2 is 1.68 bits per heavy atom. The van der Waals surface area contributed by atoms with Gasteiger partial charge in [-0.05, 0) is 49.4 Å². The first-order chi connectivity index (χ1) is 10.4. The number of rotatable bonds is 5. The van der Waals surface area contributed by atoms with E-state index in [4.69, 9.17) is 15.0 Å². The highest BCUT2D eigenvalue weighted by Gasteiger charge is 2.14. The second-order valence-electron chi connectivity index (χ2n) is 4.32. The number of nitrogens with zero attached hydrogens (tertiary/aromatic N) is 2. The van der Waals surface area contributed by atoms with Gasteiger partial charge < -0.3 is 10.5 Å². The van der Waals surface area contributed by atoms with Crippen molar-refractivity contribution in [1.82, 2.24) is 0 Å². The molecular formula is C14H15N3O4S. The lowest BCUT2D eigenvalue weighted by atomic mass is 10.3. The van der Waals surface area contributed by atoms with Crippen LogP contribution < -0.4 is 10.5 Å². The Morgan fingerprint density at radius 3 is 2.27 bits per heavy atom. The summed E-state index contributed by atoms with van der Waals surface area (Å²) in [5.41, 5.74) is 6.29. The van der Waals surface area contributed by atoms with Gasteiger partial charge in [0.15, 0.2) is 0 Å². The van der Waals surface area contributed by atoms with Gasteiger partial charge in [0.25, 0.3) is 10.1 Å². The molecule has 0 unspecified atom stereocenters. The van der Waals surface area contributed by atoms with Crippen molar-refractivity contribution in [2.45, 2.75) is 11.8 Å². The number of anilines is 1. The number of azo groups is 1. The topological polar surface area (TPSA) is 114 Å². The fourth-order valence-corrected chi connectivity index (χ4v) is 2.34. The van der Waals surface area contributed by atoms with E-state index in [1.165, 1.54) is 12.1 Å². The fourth-order valence-electron chi connectivity index (χ4n) is 1.70. The molecule has 0 aliphatic carbocycles. The third-order valence-electron chi connectivity index (χ3n) is 2.70. The molecule has 8 heteroatoms. The van der Waals surface area contributed by atoms with Gasteiger partial charge in [0.2, 0.25) is 0 Å². The second-order valence-corrected chi connectivity index (χ2v) is 5.71. The molecule has 0 heterocycles. The Morgan fingerprint density at radius 1 is 1.09 bits per heavy atom. The van der Waals surface area contributed by atoms with Crippen LogP contribution in [0, 0.1) is 0 Å². The number of nitrogen functional groups attached to an aromatic ring is 1. The Hall–Kier alpha value is -2.45. The van der Waals surface area contributed by atoms with Gasteiger partial charge in [-0.15, -0.1) is 0 Å². The Bertz CT molecular complexity index is 786. The summed E-state index contributed by atoms with van der Waals surface area (Å²) in [6, 6.07) is 10.9. The molecule has 3 N–H and O–H groups in total. The first kappa shape index (κ1) is 15.9. The molecule has 116 valence electrons. The maximum absolute atomic E-state index is 11.2. The van der Waals surface area contributed by atoms with Crippen LogP contribution in [0.2, 0.25) is 0 Å². The monoisotopic (exact) mass is 321 g/mol. The van der Waals surface area contributed by atoms with Crippen molar-refractivity contribution in [3.05, 3.63) is 42.5 Å². The number of nitrogens with two attached hydrogens (primary N) is 1. The molecule has 22 heavy (non-hydrogen) atoms. The van der Waals surface area contributed by atoms with E-state index in [1.54, 1.807) is 24.3 Å². The quantitative estimate of drug-likeness (QED) is 0.498. The van der Waals surface area contributed by atoms with Gasteiger partial charge in [-0.25, -0.2) is 0 Å². The van der Waals surface area contributed by atoms with Crippen LogP contribution in [-0.4, -0.2) is 19.6 Å². The summed E-state index contributed by atoms with van der Waals surface area (Å²) in [6.07, 6.45) is 0. The molecule has 0 aromatic heterocycles. The van der Waals surface area contributed by atoms with Crippen LogP contribution in [0.3, 0.4) is 0 Å². The molecule has 0 saturated carbocycles. The lowest BCUT2D eigenvalue weighted by molar-refractivity contribution is 0.340. The highest BCUT2D eigenvalue weighted by atomic mass is 32.2. The van der Waals surface area contributed by atoms with Crippen molar-refractivity contribution in [1.29, 1.82) is 0 Å². The summed E-state index contributed by atoms with van der Waals surface area (Å²) in [5, 5.41) is 7.90. The molecule has 2 aromatic carbocycles. The average molecular weight is 321 g/mol. The molecule has 0 spiro atoms. The van der Waals surface area contributed by atoms with Crippen LogP contribution in [0.15, 0.2) is 57.6 Å². The molecule has 0 fully saturated rings. The molecule has 0 atom stereocenters. The van der Waals surface area contributed by atoms with Crippen molar-refractivity contribution in [3.8, 4) is 5.75 Å². The molecule has 0 aliphatic heterocycles. The minimum absolute atomic E-state index is 0.0532. The lowest BCUT2D eigenvalue weighted by Crippen LogP contribution is -2.02. The first-order valence-electron chi connectivity index (χ1n) is 6.42. The van der Waals surface area contributed by atoms with Gasteiger partial charge in [-0.1, -0.05) is 0 Å². The van der Waals surface area contributed by atoms with Gasteiger partial charge >= 0.3 is 0 Å². The molecule has 2 aromatic rings. The van der Waals surface area contributed by atoms with Crippen molar-refractivity contribution in [3.63, 3.8) is 0 Å². The standard InChI is InChI=1S/C14H15N3O4S/c1-2-21-12-6-3-10(4-7-12)16-17-11-5-8-13(15)14(9-11)22(18,19)20/h3-9H,2,15H2,1H3,(H,18,19,20)/b17-16+. The minimum atomic E-state index is -4.39. The summed E-state index contributed by atoms with van der Waals surface area (Å²) < 4.78 is 36.7. The molecule has 7 nitrogen and oxygen atoms in total. The van der Waals surface area contributed by atoms with E-state index in [0.717, 1.165) is 11.8 Å². The number of ether oxygens (including phenoxy) is 1. The molecule has 0 saturated heterocycles. The van der Waals surface area contributed by atoms with E-state index in [1.807, 2.05) is 6.92 Å². The van der Waals surface area contributed by atoms with Crippen LogP contribution in [0.4, 0.5) is 17.1 Å². The third-order valence-corrected chi connectivity index (χ3v) is 3.61. The average Bonchev–Trinajstić information content (AvgIpc) is 2.47. The summed E-state index contributed by atoms with van der Waals surface area (Å²) in [4.78, 5) is -0.393. The fraction of sp³-hybridized carbons (Fsp3) is 0.143. The number of hydrogen-bond donors (Lipinski definition) is 2. The molecular weight excluding hydrogens is 306 g/mol. The van der Waals surface area contributed by atoms with Crippen molar-refractivity contribution >= 4 is 27.2 Å². The number of benzene rings is 2. The maximum atomic E-state index is 11.2. The zero-order chi connectivity index (χ0) is 16.2. The zero-order valence-electron chi connectivity index (χ0n) is 11.8. The molecule has 0 amide bonds. The highest BCUT2D eigenvalue weighted by molar-refractivity contribution is 7.86. The number of hydrogen-bond acceptors (Lipinski definition) is 6. The van der Waals surface area contributed by atoms with E-state index in [9.17, 15) is 8.42 Å². The second kappa shape index (κ2) is 6.54. The van der Waals surface area contributed by atoms with Crippen LogP contribution in [0.1, 0.15) is 6.92 Å². The van der Waals surface area contributed by atoms with Gasteiger partial charge in [-0.2, -0.15) is 18.6 Å². The SMILES string of the molecule is CCOc1ccc(/N=N/c2ccc(N)c(S(=O)(=O)O)c2)cc1. The smallest absolute Gasteiger partial charge is 0.296 e. The summed E-state index contributed by atoms with van der Waals surface area (Å²) in [6.45, 7) is 2.46. The normalized spacial score (nSPS) is 11.7. The van der Waals surface area contributed by atoms with Gasteiger partial charge in [-0.3, -0.25) is 4.55 Å². The van der Waals surface area contributed by atoms with E-state index in [0.29, 0.717) is 12.3 Å². The van der Waals surface area contributed by atoms with Crippen LogP contribution in [0.25, 0.3) is 0 Å². The predicted molar refractivity (Wildman–Crippen MR) is 82.5 cm³/mol. The minimum Gasteiger partial charge on any atom is -0.494 e. The molecule has 2 rings (SSSR count). The highest BCUT2D eigenvalue weighted by Crippen LogP contribution is 2.26. The largest absolute Gasteiger partial charge is 0.494 e. The third kappa shape index (κ3) is 4.03. The summed E-state index contributed by atoms with van der Waals surface area (Å²) >= 11 is 0. The van der Waals surface area contributed by atoms with Crippen molar-refractivity contribution < 1.29 is 17.7 Å². The summed E-state index contributed by atoms with van der Waals surface area (Å²) in [7, 11) is -4.39. The van der Waals surface area contributed by atoms with Gasteiger partial charge in [0.1, 0.15) is 10.6 Å². The van der Waals surface area contributed by atoms with Crippen LogP contribution >= 0.6 is 0 Å². The Kier molecular flexibility index (Phi) is 4.74. The predicted octanol–water partition coefficient (Wildman–Crippen LogP) is 3.33. The lowest BCUT2D eigenvalue weighted by Gasteiger charge is -2.03. The summed E-state index contributed by atoms with van der Waals surface area (Å²) in [5.74, 6) is 0.725. The van der Waals surface area contributed by atoms with E-state index < -0.39 is 15.0 Å². The van der Waals surface area contributed by atoms with E-state index in [-0.39, 0.29) is 11.4 Å². The maximum Gasteiger partial charge on any atom is 0.296 e. The van der Waals surface area contributed by atoms with E-state index >= 15 is 0 Å². The first-order valence-corrected chi connectivity index (χ1v) is 7.86. The molecule has 0 aliphatic rings. The zero-order valence-corrected chi connectivity index (χ0v) is 12.6. The van der Waals surface area contributed by atoms with Gasteiger partial charge in [0, 0.05) is 0 Å². The Labute approximate surface area is 128 Å². The van der Waals surface area contributed by atoms with E-state index in [2.05, 4.69) is 10.2 Å². The molecule has 0 radical (unpaired) electrons.